The van der Waals surface area contributed by atoms with E-state index < -0.39 is 19.9 Å². The van der Waals surface area contributed by atoms with Crippen molar-refractivity contribution in [3.63, 3.8) is 0 Å². The van der Waals surface area contributed by atoms with Gasteiger partial charge in [0.1, 0.15) is 0 Å². The van der Waals surface area contributed by atoms with Crippen LogP contribution in [0.1, 0.15) is 27.7 Å². The van der Waals surface area contributed by atoms with Crippen LogP contribution in [0, 0.1) is 0 Å². The van der Waals surface area contributed by atoms with E-state index in [9.17, 15) is 0 Å². The normalized spacial score (nSPS) is 16.3. The Morgan fingerprint density at radius 1 is 0.769 bits per heavy atom. The zero-order valence-corrected chi connectivity index (χ0v) is 11.0. The molecule has 0 heterocycles. The molecule has 0 fully saturated rings. The van der Waals surface area contributed by atoms with Gasteiger partial charge in [-0.1, -0.05) is 0 Å². The number of hydrogen-bond acceptors (Lipinski definition) is 4. The molecule has 0 amide bonds. The number of halogens is 1. The third-order valence-corrected chi connectivity index (χ3v) is 6.51. The second-order valence-electron chi connectivity index (χ2n) is 1.97. The first kappa shape index (κ1) is 11.6. The van der Waals surface area contributed by atoms with E-state index in [2.05, 4.69) is 0 Å². The molecule has 0 radical (unpaired) electrons. The van der Waals surface area contributed by atoms with Crippen molar-refractivity contribution < 1.29 is 12.3 Å². The minimum atomic E-state index is -4.67. The minimum absolute atomic E-state index is 0.359. The Morgan fingerprint density at radius 3 is 1.15 bits per heavy atom. The molecule has 0 bridgehead atoms. The van der Waals surface area contributed by atoms with Crippen molar-refractivity contribution >= 4 is 19.9 Å². The average molecular weight is 310 g/mol. The molecule has 0 aliphatic carbocycles. The summed E-state index contributed by atoms with van der Waals surface area (Å²) in [6, 6.07) is 0. The zero-order valence-electron chi connectivity index (χ0n) is 9.84. The quantitative estimate of drug-likeness (QED) is 0.646. The van der Waals surface area contributed by atoms with Crippen molar-refractivity contribution in [2.45, 2.75) is 27.7 Å². The summed E-state index contributed by atoms with van der Waals surface area (Å²) in [6.45, 7) is 8.63. The molecule has 0 atom stereocenters. The summed E-state index contributed by atoms with van der Waals surface area (Å²) < 4.78 is 29.5. The van der Waals surface area contributed by atoms with Gasteiger partial charge in [-0.25, -0.2) is 0 Å². The maximum absolute atomic E-state index is 8.17. The molecule has 0 saturated heterocycles. The third-order valence-electron chi connectivity index (χ3n) is 0.971. The van der Waals surface area contributed by atoms with E-state index in [0.717, 1.165) is 0 Å². The molecule has 0 unspecified atom stereocenters. The molecule has 0 N–H and O–H groups in total. The molecule has 0 saturated carbocycles. The summed E-state index contributed by atoms with van der Waals surface area (Å²) in [5.74, 6) is 0. The van der Waals surface area contributed by atoms with E-state index in [-0.39, 0.29) is 0 Å². The summed E-state index contributed by atoms with van der Waals surface area (Å²) >= 11 is -4.67. The number of rotatable bonds is 8. The van der Waals surface area contributed by atoms with Crippen LogP contribution in [0.2, 0.25) is 0 Å². The van der Waals surface area contributed by atoms with E-state index in [1.807, 2.05) is 0 Å². The Hall–Kier alpha value is 0.570. The molecule has 0 aromatic rings. The second kappa shape index (κ2) is 7.93. The van der Waals surface area contributed by atoms with Crippen molar-refractivity contribution in [1.82, 2.24) is 0 Å². The molecule has 0 aromatic heterocycles. The predicted octanol–water partition coefficient (Wildman–Crippen LogP) is 2.57. The molecule has 0 spiro atoms. The third kappa shape index (κ3) is 5.11. The van der Waals surface area contributed by atoms with E-state index >= 15 is 0 Å². The van der Waals surface area contributed by atoms with Crippen LogP contribution >= 0.6 is 19.9 Å². The molecule has 84 valence electrons. The van der Waals surface area contributed by atoms with E-state index in [4.69, 9.17) is 12.9 Å². The Balaban J connectivity index is 4.69. The van der Waals surface area contributed by atoms with Gasteiger partial charge in [-0.15, -0.1) is 0 Å². The predicted molar refractivity (Wildman–Crippen MR) is 61.9 cm³/mol. The molecule has 13 heavy (non-hydrogen) atoms. The first-order chi connectivity index (χ1) is 6.54. The van der Waals surface area contributed by atoms with E-state index in [0.29, 0.717) is 26.4 Å². The molecule has 0 aliphatic heterocycles. The second-order valence-corrected chi connectivity index (χ2v) is 6.62. The Bertz CT molecular complexity index is 132. The summed E-state index contributed by atoms with van der Waals surface area (Å²) in [4.78, 5) is 0. The topological polar surface area (TPSA) is 36.9 Å². The summed E-state index contributed by atoms with van der Waals surface area (Å²) in [5, 5.41) is 0. The van der Waals surface area contributed by atoms with Gasteiger partial charge >= 0.3 is 86.9 Å². The number of hydrogen-bond donors (Lipinski definition) is 0. The molecule has 0 aromatic carbocycles. The standard InChI is InChI=1S/C8H21IO4/c1-5-10-9(11-6-2,12-7-3)13-8-4/h9H,5-8H2,1-4H3/i9T. The van der Waals surface area contributed by atoms with Crippen LogP contribution in [0.3, 0.4) is 0 Å². The van der Waals surface area contributed by atoms with E-state index in [1.165, 1.54) is 0 Å². The van der Waals surface area contributed by atoms with Gasteiger partial charge in [-0.05, 0) is 0 Å². The van der Waals surface area contributed by atoms with Gasteiger partial charge in [0.25, 0.3) is 0 Å². The first-order valence-electron chi connectivity index (χ1n) is 4.98. The SMILES string of the molecule is [3H]I(OCC)(OCC)(OCC)OCC. The molecular formula is C8H21IO4. The van der Waals surface area contributed by atoms with Gasteiger partial charge in [0, 0.05) is 0 Å². The monoisotopic (exact) mass is 310 g/mol. The van der Waals surface area contributed by atoms with Crippen molar-refractivity contribution in [3.05, 3.63) is 0 Å². The molecule has 0 rings (SSSR count). The van der Waals surface area contributed by atoms with Gasteiger partial charge in [0.2, 0.25) is 0 Å². The molecule has 0 aliphatic rings. The zero-order chi connectivity index (χ0) is 11.1. The van der Waals surface area contributed by atoms with Crippen molar-refractivity contribution in [2.75, 3.05) is 26.4 Å². The summed E-state index contributed by atoms with van der Waals surface area (Å²) in [5.41, 5.74) is 0. The van der Waals surface area contributed by atoms with Crippen LogP contribution < -0.4 is 0 Å². The fraction of sp³-hybridized carbons (Fsp3) is 1.00. The van der Waals surface area contributed by atoms with Gasteiger partial charge in [-0.3, -0.25) is 0 Å². The van der Waals surface area contributed by atoms with Gasteiger partial charge in [0.15, 0.2) is 0 Å². The average Bonchev–Trinajstić information content (AvgIpc) is 2.05. The van der Waals surface area contributed by atoms with Crippen molar-refractivity contribution in [3.8, 4) is 0 Å². The molecule has 5 heteroatoms. The fourth-order valence-electron chi connectivity index (χ4n) is 0.724. The van der Waals surface area contributed by atoms with Crippen molar-refractivity contribution in [1.29, 1.82) is 0.594 Å². The van der Waals surface area contributed by atoms with Gasteiger partial charge in [0.05, 0.1) is 0 Å². The Morgan fingerprint density at radius 2 is 1.00 bits per heavy atom. The summed E-state index contributed by atoms with van der Waals surface area (Å²) in [6.07, 6.45) is 0. The summed E-state index contributed by atoms with van der Waals surface area (Å²) in [7, 11) is 0. The van der Waals surface area contributed by atoms with E-state index in [1.54, 1.807) is 27.7 Å². The van der Waals surface area contributed by atoms with Crippen LogP contribution in [0.4, 0.5) is 0 Å². The fourth-order valence-corrected chi connectivity index (χ4v) is 4.85. The first-order valence-corrected chi connectivity index (χ1v) is 8.12. The van der Waals surface area contributed by atoms with Crippen LogP contribution in [0.15, 0.2) is 0 Å². The van der Waals surface area contributed by atoms with Crippen LogP contribution in [0.25, 0.3) is 0 Å². The maximum atomic E-state index is 8.17. The van der Waals surface area contributed by atoms with Crippen LogP contribution in [0.5, 0.6) is 0 Å². The Kier molecular flexibility index (Phi) is 7.10. The van der Waals surface area contributed by atoms with Gasteiger partial charge < -0.3 is 0 Å². The van der Waals surface area contributed by atoms with Crippen LogP contribution in [-0.2, 0) is 12.3 Å². The molecular weight excluding hydrogens is 287 g/mol. The Labute approximate surface area is 87.0 Å². The van der Waals surface area contributed by atoms with Gasteiger partial charge in [-0.2, -0.15) is 0 Å². The molecule has 4 nitrogen and oxygen atoms in total. The van der Waals surface area contributed by atoms with Crippen molar-refractivity contribution in [2.24, 2.45) is 0 Å². The van der Waals surface area contributed by atoms with Crippen LogP contribution in [-0.4, -0.2) is 27.0 Å².